The molecule has 3 nitrogen and oxygen atoms in total. The van der Waals surface area contributed by atoms with Crippen molar-refractivity contribution < 1.29 is 13.6 Å². The first-order valence-electron chi connectivity index (χ1n) is 5.08. The summed E-state index contributed by atoms with van der Waals surface area (Å²) in [4.78, 5) is 0. The normalized spacial score (nSPS) is 33.6. The van der Waals surface area contributed by atoms with Gasteiger partial charge >= 0.3 is 6.95 Å². The predicted octanol–water partition coefficient (Wildman–Crippen LogP) is 4.15. The molecule has 5 heteroatoms. The van der Waals surface area contributed by atoms with Crippen molar-refractivity contribution in [2.75, 3.05) is 6.61 Å². The van der Waals surface area contributed by atoms with Crippen molar-refractivity contribution in [3.63, 3.8) is 0 Å². The molecule has 1 unspecified atom stereocenters. The van der Waals surface area contributed by atoms with Crippen molar-refractivity contribution in [1.29, 1.82) is 0 Å². The topological polar surface area (TPSA) is 35.5 Å². The van der Waals surface area contributed by atoms with E-state index < -0.39 is 6.95 Å². The van der Waals surface area contributed by atoms with E-state index in [4.69, 9.17) is 20.3 Å². The second-order valence-electron chi connectivity index (χ2n) is 4.59. The Bertz CT molecular complexity index is 418. The van der Waals surface area contributed by atoms with Gasteiger partial charge in [0.2, 0.25) is 0 Å². The summed E-state index contributed by atoms with van der Waals surface area (Å²) in [6.07, 6.45) is -0.300. The first kappa shape index (κ1) is 12.1. The fourth-order valence-corrected chi connectivity index (χ4v) is 3.35. The zero-order valence-electron chi connectivity index (χ0n) is 9.22. The second-order valence-corrected chi connectivity index (χ2v) is 7.16. The molecule has 0 spiro atoms. The minimum absolute atomic E-state index is 0.246. The minimum Gasteiger partial charge on any atom is -0.296 e. The monoisotopic (exact) mass is 260 g/mol. The Hall–Kier alpha value is -0.340. The number of hydrogen-bond donors (Lipinski definition) is 0. The van der Waals surface area contributed by atoms with E-state index in [0.29, 0.717) is 6.61 Å². The lowest BCUT2D eigenvalue weighted by Gasteiger charge is -2.39. The molecule has 0 radical (unpaired) electrons. The molecule has 0 amide bonds. The molecule has 88 valence electrons. The van der Waals surface area contributed by atoms with E-state index in [9.17, 15) is 4.57 Å². The molecule has 0 aromatic heterocycles. The Morgan fingerprint density at radius 1 is 1.38 bits per heavy atom. The molecular weight excluding hydrogens is 247 g/mol. The molecule has 0 saturated carbocycles. The maximum absolute atomic E-state index is 11.6. The molecule has 1 aromatic rings. The summed E-state index contributed by atoms with van der Waals surface area (Å²) in [6, 6.07) is 9.64. The van der Waals surface area contributed by atoms with Crippen molar-refractivity contribution >= 4 is 18.2 Å². The highest BCUT2D eigenvalue weighted by Crippen LogP contribution is 2.63. The Labute approximate surface area is 100 Å². The van der Waals surface area contributed by atoms with E-state index in [0.717, 1.165) is 5.56 Å². The van der Waals surface area contributed by atoms with Gasteiger partial charge < -0.3 is 0 Å². The van der Waals surface area contributed by atoms with E-state index in [1.807, 2.05) is 44.2 Å². The van der Waals surface area contributed by atoms with E-state index in [-0.39, 0.29) is 11.5 Å². The predicted molar refractivity (Wildman–Crippen MR) is 63.5 cm³/mol. The Kier molecular flexibility index (Phi) is 3.15. The number of benzene rings is 1. The standard InChI is InChI=1S/C11H14ClO3P/c1-11(2)8-14-16(12,13)15-10(11)9-6-4-3-5-7-9/h3-7,10H,8H2,1-2H3/t10?,16-/m1/s1. The van der Waals surface area contributed by atoms with Gasteiger partial charge in [-0.2, -0.15) is 0 Å². The third-order valence-corrected chi connectivity index (χ3v) is 4.07. The van der Waals surface area contributed by atoms with Gasteiger partial charge in [-0.3, -0.25) is 9.05 Å². The maximum atomic E-state index is 11.6. The van der Waals surface area contributed by atoms with Crippen LogP contribution in [0.25, 0.3) is 0 Å². The van der Waals surface area contributed by atoms with Crippen molar-refractivity contribution in [3.05, 3.63) is 35.9 Å². The van der Waals surface area contributed by atoms with Gasteiger partial charge in [-0.1, -0.05) is 44.2 Å². The van der Waals surface area contributed by atoms with Crippen molar-refractivity contribution in [3.8, 4) is 0 Å². The van der Waals surface area contributed by atoms with Gasteiger partial charge in [0.05, 0.1) is 6.61 Å². The summed E-state index contributed by atoms with van der Waals surface area (Å²) in [5.74, 6) is 0. The minimum atomic E-state index is -3.42. The Balaban J connectivity index is 2.33. The number of hydrogen-bond acceptors (Lipinski definition) is 3. The van der Waals surface area contributed by atoms with Crippen LogP contribution in [0.2, 0.25) is 0 Å². The Morgan fingerprint density at radius 3 is 2.62 bits per heavy atom. The van der Waals surface area contributed by atoms with Crippen LogP contribution in [0.5, 0.6) is 0 Å². The van der Waals surface area contributed by atoms with E-state index >= 15 is 0 Å². The number of rotatable bonds is 1. The van der Waals surface area contributed by atoms with Crippen LogP contribution in [-0.4, -0.2) is 6.61 Å². The molecule has 1 aliphatic heterocycles. The Morgan fingerprint density at radius 2 is 2.00 bits per heavy atom. The van der Waals surface area contributed by atoms with Gasteiger partial charge in [0.25, 0.3) is 0 Å². The largest absolute Gasteiger partial charge is 0.424 e. The quantitative estimate of drug-likeness (QED) is 0.712. The van der Waals surface area contributed by atoms with Crippen LogP contribution in [0.3, 0.4) is 0 Å². The molecule has 0 N–H and O–H groups in total. The van der Waals surface area contributed by atoms with Gasteiger partial charge in [-0.05, 0) is 5.56 Å². The molecule has 0 aliphatic carbocycles. The second kappa shape index (κ2) is 4.15. The van der Waals surface area contributed by atoms with E-state index in [2.05, 4.69) is 0 Å². The van der Waals surface area contributed by atoms with Crippen molar-refractivity contribution in [1.82, 2.24) is 0 Å². The van der Waals surface area contributed by atoms with Crippen LogP contribution in [0, 0.1) is 5.41 Å². The lowest BCUT2D eigenvalue weighted by molar-refractivity contribution is -0.0203. The molecule has 1 aliphatic rings. The maximum Gasteiger partial charge on any atom is 0.424 e. The summed E-state index contributed by atoms with van der Waals surface area (Å²) >= 11 is 5.66. The highest BCUT2D eigenvalue weighted by atomic mass is 35.7. The molecule has 0 bridgehead atoms. The number of halogens is 1. The third kappa shape index (κ3) is 2.49. The molecule has 16 heavy (non-hydrogen) atoms. The highest BCUT2D eigenvalue weighted by Gasteiger charge is 2.44. The summed E-state index contributed by atoms with van der Waals surface area (Å²) in [5, 5.41) is 0. The van der Waals surface area contributed by atoms with Crippen LogP contribution in [0.4, 0.5) is 0 Å². The summed E-state index contributed by atoms with van der Waals surface area (Å²) in [7, 11) is 0. The highest BCUT2D eigenvalue weighted by molar-refractivity contribution is 7.81. The zero-order valence-corrected chi connectivity index (χ0v) is 10.9. The van der Waals surface area contributed by atoms with Crippen molar-refractivity contribution in [2.24, 2.45) is 5.41 Å². The first-order valence-corrected chi connectivity index (χ1v) is 7.53. The van der Waals surface area contributed by atoms with Crippen molar-refractivity contribution in [2.45, 2.75) is 20.0 Å². The first-order chi connectivity index (χ1) is 7.41. The lowest BCUT2D eigenvalue weighted by atomic mass is 9.83. The van der Waals surface area contributed by atoms with Crippen LogP contribution in [0.1, 0.15) is 25.5 Å². The van der Waals surface area contributed by atoms with Crippen LogP contribution in [0.15, 0.2) is 30.3 Å². The molecule has 1 fully saturated rings. The molecule has 1 saturated heterocycles. The van der Waals surface area contributed by atoms with Gasteiger partial charge in [0.15, 0.2) is 0 Å². The zero-order chi connectivity index (χ0) is 11.8. The fourth-order valence-electron chi connectivity index (χ4n) is 1.76. The van der Waals surface area contributed by atoms with Gasteiger partial charge in [0, 0.05) is 16.7 Å². The third-order valence-electron chi connectivity index (χ3n) is 2.63. The lowest BCUT2D eigenvalue weighted by Crippen LogP contribution is -2.32. The SMILES string of the molecule is CC1(C)CO[P@](=O)(Cl)OC1c1ccccc1. The summed E-state index contributed by atoms with van der Waals surface area (Å²) in [5.41, 5.74) is 0.723. The van der Waals surface area contributed by atoms with Crippen LogP contribution < -0.4 is 0 Å². The van der Waals surface area contributed by atoms with Crippen LogP contribution in [-0.2, 0) is 13.6 Å². The summed E-state index contributed by atoms with van der Waals surface area (Å²) in [6.45, 7) is 0.912. The molecule has 1 aromatic carbocycles. The molecular formula is C11H14ClO3P. The van der Waals surface area contributed by atoms with Gasteiger partial charge in [-0.15, -0.1) is 0 Å². The average molecular weight is 261 g/mol. The van der Waals surface area contributed by atoms with E-state index in [1.54, 1.807) is 0 Å². The molecule has 1 heterocycles. The fraction of sp³-hybridized carbons (Fsp3) is 0.455. The van der Waals surface area contributed by atoms with Gasteiger partial charge in [0.1, 0.15) is 6.10 Å². The molecule has 2 rings (SSSR count). The van der Waals surface area contributed by atoms with E-state index in [1.165, 1.54) is 0 Å². The van der Waals surface area contributed by atoms with Crippen LogP contribution >= 0.6 is 18.2 Å². The smallest absolute Gasteiger partial charge is 0.296 e. The molecule has 2 atom stereocenters. The average Bonchev–Trinajstić information content (AvgIpc) is 2.24. The van der Waals surface area contributed by atoms with Gasteiger partial charge in [-0.25, -0.2) is 4.57 Å². The summed E-state index contributed by atoms with van der Waals surface area (Å²) < 4.78 is 22.0.